The average Bonchev–Trinajstić information content (AvgIpc) is 2.60. The second kappa shape index (κ2) is 8.93. The van der Waals surface area contributed by atoms with Crippen molar-refractivity contribution in [1.82, 2.24) is 5.43 Å². The Morgan fingerprint density at radius 2 is 1.96 bits per heavy atom. The van der Waals surface area contributed by atoms with Gasteiger partial charge in [-0.15, -0.1) is 0 Å². The van der Waals surface area contributed by atoms with Crippen molar-refractivity contribution in [2.75, 3.05) is 6.61 Å². The van der Waals surface area contributed by atoms with Gasteiger partial charge in [0.05, 0.1) is 18.4 Å². The highest BCUT2D eigenvalue weighted by Gasteiger charge is 2.30. The lowest BCUT2D eigenvalue weighted by Gasteiger charge is -2.13. The first-order valence-corrected chi connectivity index (χ1v) is 7.94. The third-order valence-corrected chi connectivity index (χ3v) is 3.30. The topological polar surface area (TPSA) is 85.9 Å². The molecule has 27 heavy (non-hydrogen) atoms. The van der Waals surface area contributed by atoms with Crippen molar-refractivity contribution < 1.29 is 27.4 Å². The van der Waals surface area contributed by atoms with Gasteiger partial charge in [-0.2, -0.15) is 18.3 Å². The van der Waals surface area contributed by atoms with Crippen LogP contribution in [0, 0.1) is 0 Å². The molecule has 0 aliphatic heterocycles. The van der Waals surface area contributed by atoms with E-state index in [-0.39, 0.29) is 6.61 Å². The predicted octanol–water partition coefficient (Wildman–Crippen LogP) is 3.69. The molecule has 9 heteroatoms. The van der Waals surface area contributed by atoms with E-state index in [0.717, 1.165) is 12.1 Å². The molecule has 0 fully saturated rings. The van der Waals surface area contributed by atoms with Crippen LogP contribution in [0.1, 0.15) is 23.6 Å². The quantitative estimate of drug-likeness (QED) is 0.567. The first-order chi connectivity index (χ1) is 12.8. The lowest BCUT2D eigenvalue weighted by Crippen LogP contribution is -2.24. The molecule has 0 radical (unpaired) electrons. The minimum atomic E-state index is -4.41. The normalized spacial score (nSPS) is 11.4. The number of nitrogens with one attached hydrogen (secondary N) is 1. The highest BCUT2D eigenvalue weighted by molar-refractivity contribution is 5.82. The van der Waals surface area contributed by atoms with Gasteiger partial charge in [0.15, 0.2) is 11.5 Å². The molecule has 2 aromatic rings. The van der Waals surface area contributed by atoms with Crippen LogP contribution in [0.4, 0.5) is 18.0 Å². The minimum absolute atomic E-state index is 0.0549. The predicted molar refractivity (Wildman–Crippen MR) is 93.7 cm³/mol. The summed E-state index contributed by atoms with van der Waals surface area (Å²) in [6.45, 7) is 2.09. The highest BCUT2D eigenvalue weighted by Crippen LogP contribution is 2.31. The third kappa shape index (κ3) is 6.21. The number of hydrogen-bond donors (Lipinski definition) is 2. The number of amides is 2. The standard InChI is InChI=1S/C18H18F3N3O3/c1-2-26-16-9-12(10-23-24-17(22)25)6-7-15(16)27-11-13-4-3-5-14(8-13)18(19,20)21/h3-10H,2,11H2,1H3,(H3,22,24,25). The van der Waals surface area contributed by atoms with Crippen LogP contribution >= 0.6 is 0 Å². The number of halogens is 3. The van der Waals surface area contributed by atoms with E-state index in [1.807, 2.05) is 0 Å². The summed E-state index contributed by atoms with van der Waals surface area (Å²) in [5, 5.41) is 3.65. The van der Waals surface area contributed by atoms with Crippen LogP contribution in [-0.2, 0) is 12.8 Å². The van der Waals surface area contributed by atoms with Crippen molar-refractivity contribution in [2.45, 2.75) is 19.7 Å². The van der Waals surface area contributed by atoms with E-state index in [0.29, 0.717) is 29.2 Å². The van der Waals surface area contributed by atoms with Gasteiger partial charge in [0.1, 0.15) is 6.61 Å². The molecule has 0 aromatic heterocycles. The number of ether oxygens (including phenoxy) is 2. The van der Waals surface area contributed by atoms with Crippen LogP contribution in [0.25, 0.3) is 0 Å². The summed E-state index contributed by atoms with van der Waals surface area (Å²) in [5.74, 6) is 0.766. The number of carbonyl (C=O) groups excluding carboxylic acids is 1. The van der Waals surface area contributed by atoms with Gasteiger partial charge in [-0.3, -0.25) is 0 Å². The van der Waals surface area contributed by atoms with Crippen LogP contribution in [0.15, 0.2) is 47.6 Å². The molecular weight excluding hydrogens is 363 g/mol. The van der Waals surface area contributed by atoms with Crippen molar-refractivity contribution in [3.63, 3.8) is 0 Å². The summed E-state index contributed by atoms with van der Waals surface area (Å²) in [5.41, 5.74) is 7.23. The third-order valence-electron chi connectivity index (χ3n) is 3.30. The van der Waals surface area contributed by atoms with Crippen LogP contribution < -0.4 is 20.6 Å². The van der Waals surface area contributed by atoms with Crippen LogP contribution in [0.5, 0.6) is 11.5 Å². The van der Waals surface area contributed by atoms with Gasteiger partial charge < -0.3 is 15.2 Å². The fraction of sp³-hybridized carbons (Fsp3) is 0.222. The maximum Gasteiger partial charge on any atom is 0.416 e. The van der Waals surface area contributed by atoms with Crippen LogP contribution in [0.3, 0.4) is 0 Å². The van der Waals surface area contributed by atoms with Gasteiger partial charge in [-0.1, -0.05) is 12.1 Å². The molecule has 0 atom stereocenters. The monoisotopic (exact) mass is 381 g/mol. The maximum atomic E-state index is 12.8. The lowest BCUT2D eigenvalue weighted by molar-refractivity contribution is -0.137. The van der Waals surface area contributed by atoms with Gasteiger partial charge in [0.25, 0.3) is 0 Å². The molecule has 6 nitrogen and oxygen atoms in total. The molecule has 2 rings (SSSR count). The molecule has 0 saturated heterocycles. The Labute approximate surface area is 153 Å². The van der Waals surface area contributed by atoms with E-state index in [9.17, 15) is 18.0 Å². The first-order valence-electron chi connectivity index (χ1n) is 7.94. The van der Waals surface area contributed by atoms with Gasteiger partial charge >= 0.3 is 12.2 Å². The molecule has 2 amide bonds. The SMILES string of the molecule is CCOc1cc(C=NNC(N)=O)ccc1OCc1cccc(C(F)(F)F)c1. The van der Waals surface area contributed by atoms with Crippen molar-refractivity contribution in [2.24, 2.45) is 10.8 Å². The summed E-state index contributed by atoms with van der Waals surface area (Å²) in [6.07, 6.45) is -3.05. The number of urea groups is 1. The number of hydrogen-bond acceptors (Lipinski definition) is 4. The number of nitrogens with zero attached hydrogens (tertiary/aromatic N) is 1. The van der Waals surface area contributed by atoms with Crippen molar-refractivity contribution in [1.29, 1.82) is 0 Å². The van der Waals surface area contributed by atoms with E-state index >= 15 is 0 Å². The van der Waals surface area contributed by atoms with Gasteiger partial charge in [0, 0.05) is 0 Å². The maximum absolute atomic E-state index is 12.8. The van der Waals surface area contributed by atoms with E-state index < -0.39 is 17.8 Å². The zero-order valence-corrected chi connectivity index (χ0v) is 14.4. The molecule has 0 spiro atoms. The first kappa shape index (κ1) is 20.1. The summed E-state index contributed by atoms with van der Waals surface area (Å²) < 4.78 is 49.5. The van der Waals surface area contributed by atoms with E-state index in [2.05, 4.69) is 10.5 Å². The Kier molecular flexibility index (Phi) is 6.64. The average molecular weight is 381 g/mol. The largest absolute Gasteiger partial charge is 0.490 e. The Morgan fingerprint density at radius 3 is 2.63 bits per heavy atom. The molecule has 0 heterocycles. The number of nitrogens with two attached hydrogens (primary N) is 1. The summed E-state index contributed by atoms with van der Waals surface area (Å²) >= 11 is 0. The second-order valence-corrected chi connectivity index (χ2v) is 5.36. The zero-order chi connectivity index (χ0) is 19.9. The molecular formula is C18H18F3N3O3. The summed E-state index contributed by atoms with van der Waals surface area (Å²) in [6, 6.07) is 9.00. The van der Waals surface area contributed by atoms with E-state index in [4.69, 9.17) is 15.2 Å². The van der Waals surface area contributed by atoms with E-state index in [1.54, 1.807) is 31.2 Å². The van der Waals surface area contributed by atoms with Gasteiger partial charge in [0.2, 0.25) is 0 Å². The van der Waals surface area contributed by atoms with Crippen LogP contribution in [0.2, 0.25) is 0 Å². The molecule has 0 aliphatic carbocycles. The fourth-order valence-electron chi connectivity index (χ4n) is 2.16. The molecule has 0 saturated carbocycles. The lowest BCUT2D eigenvalue weighted by atomic mass is 10.1. The Hall–Kier alpha value is -3.23. The highest BCUT2D eigenvalue weighted by atomic mass is 19.4. The van der Waals surface area contributed by atoms with Crippen molar-refractivity contribution >= 4 is 12.2 Å². The van der Waals surface area contributed by atoms with Crippen molar-refractivity contribution in [3.05, 3.63) is 59.2 Å². The summed E-state index contributed by atoms with van der Waals surface area (Å²) in [4.78, 5) is 10.6. The zero-order valence-electron chi connectivity index (χ0n) is 14.4. The number of alkyl halides is 3. The molecule has 0 unspecified atom stereocenters. The Balaban J connectivity index is 2.13. The molecule has 0 bridgehead atoms. The van der Waals surface area contributed by atoms with Gasteiger partial charge in [-0.25, -0.2) is 10.2 Å². The smallest absolute Gasteiger partial charge is 0.416 e. The fourth-order valence-corrected chi connectivity index (χ4v) is 2.16. The number of carbonyl (C=O) groups is 1. The molecule has 0 aliphatic rings. The van der Waals surface area contributed by atoms with Crippen molar-refractivity contribution in [3.8, 4) is 11.5 Å². The number of rotatable bonds is 7. The van der Waals surface area contributed by atoms with E-state index in [1.165, 1.54) is 12.3 Å². The number of primary amides is 1. The molecule has 2 aromatic carbocycles. The molecule has 3 N–H and O–H groups in total. The number of hydrazone groups is 1. The minimum Gasteiger partial charge on any atom is -0.490 e. The Morgan fingerprint density at radius 1 is 1.19 bits per heavy atom. The second-order valence-electron chi connectivity index (χ2n) is 5.36. The summed E-state index contributed by atoms with van der Waals surface area (Å²) in [7, 11) is 0. The van der Waals surface area contributed by atoms with Gasteiger partial charge in [-0.05, 0) is 48.4 Å². The number of benzene rings is 2. The molecule has 144 valence electrons. The van der Waals surface area contributed by atoms with Crippen LogP contribution in [-0.4, -0.2) is 18.9 Å². The Bertz CT molecular complexity index is 823.